The van der Waals surface area contributed by atoms with Gasteiger partial charge in [-0.15, -0.1) is 0 Å². The van der Waals surface area contributed by atoms with Crippen LogP contribution in [-0.4, -0.2) is 27.5 Å². The van der Waals surface area contributed by atoms with Gasteiger partial charge in [-0.3, -0.25) is 9.10 Å². The SMILES string of the molecule is CCOc1ccccc1N(CC(=O)Nc1ccc(F)c(F)c1)S(=O)(=O)c1ccccc1. The van der Waals surface area contributed by atoms with Crippen molar-refractivity contribution in [2.24, 2.45) is 0 Å². The normalized spacial score (nSPS) is 11.1. The summed E-state index contributed by atoms with van der Waals surface area (Å²) in [6.45, 7) is 1.43. The minimum Gasteiger partial charge on any atom is -0.492 e. The molecule has 0 atom stereocenters. The van der Waals surface area contributed by atoms with Crippen LogP contribution in [0.15, 0.2) is 77.7 Å². The molecule has 0 saturated heterocycles. The number of amides is 1. The number of sulfonamides is 1. The van der Waals surface area contributed by atoms with Gasteiger partial charge in [-0.05, 0) is 43.3 Å². The summed E-state index contributed by atoms with van der Waals surface area (Å²) in [6.07, 6.45) is 0. The van der Waals surface area contributed by atoms with Gasteiger partial charge in [0.2, 0.25) is 5.91 Å². The van der Waals surface area contributed by atoms with Gasteiger partial charge in [0.1, 0.15) is 12.3 Å². The van der Waals surface area contributed by atoms with Gasteiger partial charge < -0.3 is 10.1 Å². The lowest BCUT2D eigenvalue weighted by molar-refractivity contribution is -0.114. The zero-order valence-electron chi connectivity index (χ0n) is 16.6. The molecule has 0 aliphatic heterocycles. The molecule has 0 saturated carbocycles. The number of hydrogen-bond acceptors (Lipinski definition) is 4. The third-order valence-electron chi connectivity index (χ3n) is 4.26. The van der Waals surface area contributed by atoms with Crippen molar-refractivity contribution in [2.45, 2.75) is 11.8 Å². The van der Waals surface area contributed by atoms with Crippen molar-refractivity contribution in [3.05, 3.63) is 84.4 Å². The zero-order valence-corrected chi connectivity index (χ0v) is 17.4. The second-order valence-electron chi connectivity index (χ2n) is 6.40. The maximum atomic E-state index is 13.5. The van der Waals surface area contributed by atoms with Gasteiger partial charge in [0.15, 0.2) is 11.6 Å². The van der Waals surface area contributed by atoms with Crippen LogP contribution in [0.2, 0.25) is 0 Å². The van der Waals surface area contributed by atoms with Crippen LogP contribution in [0.25, 0.3) is 0 Å². The first-order chi connectivity index (χ1) is 14.8. The van der Waals surface area contributed by atoms with Gasteiger partial charge in [0.05, 0.1) is 17.2 Å². The van der Waals surface area contributed by atoms with Crippen molar-refractivity contribution in [1.29, 1.82) is 0 Å². The van der Waals surface area contributed by atoms with Crippen molar-refractivity contribution < 1.29 is 26.7 Å². The molecular weight excluding hydrogens is 426 g/mol. The standard InChI is InChI=1S/C22H20F2N2O4S/c1-2-30-21-11-7-6-10-20(21)26(31(28,29)17-8-4-3-5-9-17)15-22(27)25-16-12-13-18(23)19(24)14-16/h3-14H,2,15H2,1H3,(H,25,27). The lowest BCUT2D eigenvalue weighted by atomic mass is 10.3. The van der Waals surface area contributed by atoms with E-state index < -0.39 is 34.1 Å². The second kappa shape index (κ2) is 9.57. The Balaban J connectivity index is 1.98. The van der Waals surface area contributed by atoms with E-state index in [0.29, 0.717) is 0 Å². The highest BCUT2D eigenvalue weighted by Gasteiger charge is 2.29. The monoisotopic (exact) mass is 446 g/mol. The number of carbonyl (C=O) groups is 1. The molecule has 3 rings (SSSR count). The van der Waals surface area contributed by atoms with Gasteiger partial charge in [-0.2, -0.15) is 0 Å². The molecule has 0 heterocycles. The first-order valence-electron chi connectivity index (χ1n) is 9.37. The quantitative estimate of drug-likeness (QED) is 0.563. The van der Waals surface area contributed by atoms with Crippen molar-refractivity contribution in [1.82, 2.24) is 0 Å². The maximum absolute atomic E-state index is 13.5. The molecule has 0 spiro atoms. The van der Waals surface area contributed by atoms with Crippen LogP contribution in [0.4, 0.5) is 20.2 Å². The van der Waals surface area contributed by atoms with Crippen LogP contribution >= 0.6 is 0 Å². The minimum absolute atomic E-state index is 0.000877. The molecule has 0 aliphatic carbocycles. The molecule has 31 heavy (non-hydrogen) atoms. The van der Waals surface area contributed by atoms with E-state index in [0.717, 1.165) is 16.4 Å². The number of nitrogens with one attached hydrogen (secondary N) is 1. The summed E-state index contributed by atoms with van der Waals surface area (Å²) in [4.78, 5) is 12.7. The predicted molar refractivity (Wildman–Crippen MR) is 114 cm³/mol. The molecule has 0 bridgehead atoms. The fourth-order valence-corrected chi connectivity index (χ4v) is 4.32. The van der Waals surface area contributed by atoms with Crippen LogP contribution in [-0.2, 0) is 14.8 Å². The fraction of sp³-hybridized carbons (Fsp3) is 0.136. The Hall–Kier alpha value is -3.46. The van der Waals surface area contributed by atoms with Crippen LogP contribution in [0.5, 0.6) is 5.75 Å². The molecule has 1 amide bonds. The van der Waals surface area contributed by atoms with Crippen LogP contribution in [0.1, 0.15) is 6.92 Å². The van der Waals surface area contributed by atoms with Crippen molar-refractivity contribution >= 4 is 27.3 Å². The summed E-state index contributed by atoms with van der Waals surface area (Å²) < 4.78 is 59.8. The van der Waals surface area contributed by atoms with E-state index in [2.05, 4.69) is 5.32 Å². The second-order valence-corrected chi connectivity index (χ2v) is 8.26. The van der Waals surface area contributed by atoms with Crippen molar-refractivity contribution in [2.75, 3.05) is 22.8 Å². The molecule has 0 unspecified atom stereocenters. The molecule has 9 heteroatoms. The highest BCUT2D eigenvalue weighted by molar-refractivity contribution is 7.92. The smallest absolute Gasteiger partial charge is 0.264 e. The molecule has 1 N–H and O–H groups in total. The summed E-state index contributed by atoms with van der Waals surface area (Å²) in [7, 11) is -4.14. The number of benzene rings is 3. The molecular formula is C22H20F2N2O4S. The summed E-state index contributed by atoms with van der Waals surface area (Å²) >= 11 is 0. The molecule has 0 aromatic heterocycles. The van der Waals surface area contributed by atoms with Crippen LogP contribution < -0.4 is 14.4 Å². The van der Waals surface area contributed by atoms with Gasteiger partial charge in [-0.1, -0.05) is 30.3 Å². The first kappa shape index (κ1) is 22.2. The molecule has 6 nitrogen and oxygen atoms in total. The van der Waals surface area contributed by atoms with E-state index in [1.54, 1.807) is 43.3 Å². The number of halogens is 2. The number of ether oxygens (including phenoxy) is 1. The predicted octanol–water partition coefficient (Wildman–Crippen LogP) is 4.20. The van der Waals surface area contributed by atoms with E-state index in [1.165, 1.54) is 24.3 Å². The van der Waals surface area contributed by atoms with E-state index in [4.69, 9.17) is 4.74 Å². The molecule has 162 valence electrons. The van der Waals surface area contributed by atoms with Crippen LogP contribution in [0.3, 0.4) is 0 Å². The summed E-state index contributed by atoms with van der Waals surface area (Å²) in [5, 5.41) is 2.39. The average Bonchev–Trinajstić information content (AvgIpc) is 2.76. The Labute approximate surface area is 179 Å². The Morgan fingerprint density at radius 2 is 1.65 bits per heavy atom. The molecule has 0 fully saturated rings. The number of carbonyl (C=O) groups excluding carboxylic acids is 1. The zero-order chi connectivity index (χ0) is 22.4. The average molecular weight is 446 g/mol. The van der Waals surface area contributed by atoms with Gasteiger partial charge in [0.25, 0.3) is 10.0 Å². The largest absolute Gasteiger partial charge is 0.492 e. The van der Waals surface area contributed by atoms with E-state index in [9.17, 15) is 22.0 Å². The minimum atomic E-state index is -4.14. The fourth-order valence-electron chi connectivity index (χ4n) is 2.86. The topological polar surface area (TPSA) is 75.7 Å². The number of nitrogens with zero attached hydrogens (tertiary/aromatic N) is 1. The summed E-state index contributed by atoms with van der Waals surface area (Å²) in [5.41, 5.74) is 0.174. The van der Waals surface area contributed by atoms with E-state index in [1.807, 2.05) is 0 Å². The number of hydrogen-bond donors (Lipinski definition) is 1. The van der Waals surface area contributed by atoms with Gasteiger partial charge >= 0.3 is 0 Å². The Bertz CT molecular complexity index is 1170. The first-order valence-corrected chi connectivity index (χ1v) is 10.8. The highest BCUT2D eigenvalue weighted by Crippen LogP contribution is 2.32. The van der Waals surface area contributed by atoms with Crippen molar-refractivity contribution in [3.8, 4) is 5.75 Å². The third-order valence-corrected chi connectivity index (χ3v) is 6.03. The van der Waals surface area contributed by atoms with Gasteiger partial charge in [-0.25, -0.2) is 17.2 Å². The lowest BCUT2D eigenvalue weighted by Crippen LogP contribution is -2.38. The lowest BCUT2D eigenvalue weighted by Gasteiger charge is -2.26. The Morgan fingerprint density at radius 3 is 2.32 bits per heavy atom. The summed E-state index contributed by atoms with van der Waals surface area (Å²) in [6, 6.07) is 16.9. The molecule has 0 aliphatic rings. The molecule has 3 aromatic carbocycles. The highest BCUT2D eigenvalue weighted by atomic mass is 32.2. The maximum Gasteiger partial charge on any atom is 0.264 e. The van der Waals surface area contributed by atoms with E-state index >= 15 is 0 Å². The molecule has 0 radical (unpaired) electrons. The number of rotatable bonds is 8. The van der Waals surface area contributed by atoms with Crippen molar-refractivity contribution in [3.63, 3.8) is 0 Å². The van der Waals surface area contributed by atoms with E-state index in [-0.39, 0.29) is 28.6 Å². The number of para-hydroxylation sites is 2. The Morgan fingerprint density at radius 1 is 0.968 bits per heavy atom. The Kier molecular flexibility index (Phi) is 6.86. The van der Waals surface area contributed by atoms with Gasteiger partial charge in [0, 0.05) is 11.8 Å². The number of anilines is 2. The third kappa shape index (κ3) is 5.18. The summed E-state index contributed by atoms with van der Waals surface area (Å²) in [5.74, 6) is -2.65. The van der Waals surface area contributed by atoms with Crippen LogP contribution in [0, 0.1) is 11.6 Å². The molecule has 3 aromatic rings.